The number of carbonyl (C=O) groups is 2. The third-order valence-corrected chi connectivity index (χ3v) is 1.86. The maximum Gasteiger partial charge on any atom is 0.415 e. The van der Waals surface area contributed by atoms with Crippen LogP contribution in [0.2, 0.25) is 0 Å². The quantitative estimate of drug-likeness (QED) is 0.513. The van der Waals surface area contributed by atoms with E-state index in [1.807, 2.05) is 0 Å². The molecule has 0 aromatic carbocycles. The van der Waals surface area contributed by atoms with Gasteiger partial charge in [-0.2, -0.15) is 13.2 Å². The predicted octanol–water partition coefficient (Wildman–Crippen LogP) is -0.588. The second kappa shape index (κ2) is 5.12. The van der Waals surface area contributed by atoms with Gasteiger partial charge in [0.2, 0.25) is 0 Å². The lowest BCUT2D eigenvalue weighted by Crippen LogP contribution is -2.44. The number of carboxylic acids is 2. The van der Waals surface area contributed by atoms with Crippen molar-refractivity contribution in [1.82, 2.24) is 0 Å². The van der Waals surface area contributed by atoms with Gasteiger partial charge in [-0.15, -0.1) is 0 Å². The van der Waals surface area contributed by atoms with Crippen LogP contribution < -0.4 is 5.73 Å². The van der Waals surface area contributed by atoms with Crippen LogP contribution in [0.3, 0.4) is 0 Å². The van der Waals surface area contributed by atoms with Crippen LogP contribution in [-0.2, 0) is 9.59 Å². The summed E-state index contributed by atoms with van der Waals surface area (Å²) in [6.45, 7) is 0. The van der Waals surface area contributed by atoms with E-state index >= 15 is 0 Å². The lowest BCUT2D eigenvalue weighted by atomic mass is 9.94. The molecule has 0 saturated heterocycles. The summed E-state index contributed by atoms with van der Waals surface area (Å²) in [6, 6.07) is -1.78. The summed E-state index contributed by atoms with van der Waals surface area (Å²) in [6.07, 6.45) is -9.29. The molecule has 5 N–H and O–H groups in total. The number of nitrogens with two attached hydrogens (primary N) is 1. The third-order valence-electron chi connectivity index (χ3n) is 1.86. The maximum atomic E-state index is 12.0. The summed E-state index contributed by atoms with van der Waals surface area (Å²) >= 11 is 0. The van der Waals surface area contributed by atoms with E-state index in [-0.39, 0.29) is 0 Å². The van der Waals surface area contributed by atoms with Crippen LogP contribution in [0.4, 0.5) is 13.2 Å². The van der Waals surface area contributed by atoms with Gasteiger partial charge in [-0.05, 0) is 6.42 Å². The smallest absolute Gasteiger partial charge is 0.415 e. The van der Waals surface area contributed by atoms with E-state index in [9.17, 15) is 22.8 Å². The van der Waals surface area contributed by atoms with Crippen molar-refractivity contribution in [3.8, 4) is 0 Å². The Balaban J connectivity index is 4.76. The molecule has 0 aromatic rings. The fourth-order valence-electron chi connectivity index (χ4n) is 0.967. The average Bonchev–Trinajstić information content (AvgIpc) is 2.10. The zero-order chi connectivity index (χ0) is 13.1. The van der Waals surface area contributed by atoms with Gasteiger partial charge in [0.1, 0.15) is 6.04 Å². The molecule has 0 amide bonds. The summed E-state index contributed by atoms with van der Waals surface area (Å²) in [5.74, 6) is -5.90. The Morgan fingerprint density at radius 1 is 1.19 bits per heavy atom. The summed E-state index contributed by atoms with van der Waals surface area (Å²) in [7, 11) is 0. The SMILES string of the molecule is N[C@H](C[C@@H](C(=O)O)[C@H](O)C(F)(F)F)C(=O)O. The van der Waals surface area contributed by atoms with E-state index in [0.717, 1.165) is 0 Å². The standard InChI is InChI=1S/C7H10F3NO5/c8-7(9,10)4(12)2(5(13)14)1-3(11)6(15)16/h2-4,12H,1,11H2,(H,13,14)(H,15,16)/t2-,3-,4+/m1/s1. The number of hydrogen-bond donors (Lipinski definition) is 4. The molecule has 0 fully saturated rings. The van der Waals surface area contributed by atoms with Crippen molar-refractivity contribution < 1.29 is 38.1 Å². The number of hydrogen-bond acceptors (Lipinski definition) is 4. The van der Waals surface area contributed by atoms with E-state index in [4.69, 9.17) is 21.1 Å². The highest BCUT2D eigenvalue weighted by Crippen LogP contribution is 2.28. The lowest BCUT2D eigenvalue weighted by Gasteiger charge is -2.22. The number of aliphatic hydroxyl groups excluding tert-OH is 1. The molecule has 0 aliphatic carbocycles. The van der Waals surface area contributed by atoms with E-state index < -0.39 is 42.6 Å². The summed E-state index contributed by atoms with van der Waals surface area (Å²) < 4.78 is 36.0. The number of aliphatic hydroxyl groups is 1. The second-order valence-corrected chi connectivity index (χ2v) is 3.11. The summed E-state index contributed by atoms with van der Waals surface area (Å²) in [5, 5.41) is 25.4. The Morgan fingerprint density at radius 2 is 1.62 bits per heavy atom. The Kier molecular flexibility index (Phi) is 4.69. The molecule has 0 aliphatic rings. The van der Waals surface area contributed by atoms with Crippen LogP contribution in [0.1, 0.15) is 6.42 Å². The van der Waals surface area contributed by atoms with Gasteiger partial charge in [-0.3, -0.25) is 9.59 Å². The molecule has 9 heteroatoms. The number of halogens is 3. The third kappa shape index (κ3) is 4.03. The van der Waals surface area contributed by atoms with Crippen LogP contribution in [0.5, 0.6) is 0 Å². The minimum absolute atomic E-state index is 1.01. The molecule has 0 rings (SSSR count). The highest BCUT2D eigenvalue weighted by atomic mass is 19.4. The molecule has 0 saturated carbocycles. The normalized spacial score (nSPS) is 17.6. The monoisotopic (exact) mass is 245 g/mol. The van der Waals surface area contributed by atoms with Crippen molar-refractivity contribution in [3.05, 3.63) is 0 Å². The molecule has 0 heterocycles. The molecule has 0 radical (unpaired) electrons. The van der Waals surface area contributed by atoms with Crippen molar-refractivity contribution >= 4 is 11.9 Å². The topological polar surface area (TPSA) is 121 Å². The van der Waals surface area contributed by atoms with Gasteiger partial charge in [-0.25, -0.2) is 0 Å². The second-order valence-electron chi connectivity index (χ2n) is 3.11. The van der Waals surface area contributed by atoms with Crippen LogP contribution in [-0.4, -0.2) is 45.6 Å². The zero-order valence-corrected chi connectivity index (χ0v) is 7.81. The number of rotatable bonds is 5. The molecule has 94 valence electrons. The van der Waals surface area contributed by atoms with Crippen molar-refractivity contribution in [2.24, 2.45) is 11.7 Å². The average molecular weight is 245 g/mol. The maximum absolute atomic E-state index is 12.0. The van der Waals surface area contributed by atoms with Gasteiger partial charge in [0.05, 0.1) is 5.92 Å². The lowest BCUT2D eigenvalue weighted by molar-refractivity contribution is -0.223. The van der Waals surface area contributed by atoms with Crippen LogP contribution in [0.15, 0.2) is 0 Å². The summed E-state index contributed by atoms with van der Waals surface area (Å²) in [5.41, 5.74) is 4.89. The van der Waals surface area contributed by atoms with E-state index in [0.29, 0.717) is 0 Å². The van der Waals surface area contributed by atoms with Crippen molar-refractivity contribution in [3.63, 3.8) is 0 Å². The van der Waals surface area contributed by atoms with Crippen LogP contribution >= 0.6 is 0 Å². The Bertz CT molecular complexity index is 280. The van der Waals surface area contributed by atoms with Gasteiger partial charge in [0, 0.05) is 0 Å². The van der Waals surface area contributed by atoms with Crippen molar-refractivity contribution in [1.29, 1.82) is 0 Å². The number of carboxylic acid groups (broad SMARTS) is 2. The fraction of sp³-hybridized carbons (Fsp3) is 0.714. The van der Waals surface area contributed by atoms with Gasteiger partial charge in [0.25, 0.3) is 0 Å². The molecule has 6 nitrogen and oxygen atoms in total. The Labute approximate surface area is 87.5 Å². The largest absolute Gasteiger partial charge is 0.481 e. The Morgan fingerprint density at radius 3 is 1.88 bits per heavy atom. The van der Waals surface area contributed by atoms with Crippen molar-refractivity contribution in [2.75, 3.05) is 0 Å². The molecule has 0 aromatic heterocycles. The number of alkyl halides is 3. The summed E-state index contributed by atoms with van der Waals surface area (Å²) in [4.78, 5) is 20.7. The van der Waals surface area contributed by atoms with Crippen LogP contribution in [0, 0.1) is 5.92 Å². The predicted molar refractivity (Wildman–Crippen MR) is 43.4 cm³/mol. The van der Waals surface area contributed by atoms with Gasteiger partial charge >= 0.3 is 18.1 Å². The molecule has 0 unspecified atom stereocenters. The minimum atomic E-state index is -5.14. The molecular formula is C7H10F3NO5. The van der Waals surface area contributed by atoms with Gasteiger partial charge < -0.3 is 21.1 Å². The van der Waals surface area contributed by atoms with E-state index in [1.54, 1.807) is 0 Å². The van der Waals surface area contributed by atoms with Crippen LogP contribution in [0.25, 0.3) is 0 Å². The highest BCUT2D eigenvalue weighted by molar-refractivity contribution is 5.76. The number of aliphatic carboxylic acids is 2. The fourth-order valence-corrected chi connectivity index (χ4v) is 0.967. The Hall–Kier alpha value is -1.35. The first-order valence-corrected chi connectivity index (χ1v) is 4.03. The van der Waals surface area contributed by atoms with E-state index in [1.165, 1.54) is 0 Å². The first-order chi connectivity index (χ1) is 7.07. The van der Waals surface area contributed by atoms with Gasteiger partial charge in [0.15, 0.2) is 6.10 Å². The first-order valence-electron chi connectivity index (χ1n) is 4.03. The molecule has 0 spiro atoms. The minimum Gasteiger partial charge on any atom is -0.481 e. The molecule has 0 bridgehead atoms. The highest BCUT2D eigenvalue weighted by Gasteiger charge is 2.47. The molecular weight excluding hydrogens is 235 g/mol. The molecule has 0 aliphatic heterocycles. The zero-order valence-electron chi connectivity index (χ0n) is 7.81. The molecule has 3 atom stereocenters. The molecule has 16 heavy (non-hydrogen) atoms. The van der Waals surface area contributed by atoms with Crippen molar-refractivity contribution in [2.45, 2.75) is 24.7 Å². The van der Waals surface area contributed by atoms with E-state index in [2.05, 4.69) is 0 Å². The van der Waals surface area contributed by atoms with Gasteiger partial charge in [-0.1, -0.05) is 0 Å². The first kappa shape index (κ1) is 14.6.